The minimum absolute atomic E-state index is 0.683. The molecule has 0 aliphatic carbocycles. The van der Waals surface area contributed by atoms with Crippen molar-refractivity contribution in [2.45, 2.75) is 13.1 Å². The quantitative estimate of drug-likeness (QED) is 0.565. The molecular weight excluding hydrogens is 261 g/mol. The molecule has 1 saturated heterocycles. The third-order valence-corrected chi connectivity index (χ3v) is 3.80. The molecule has 0 spiro atoms. The molecule has 104 valence electrons. The first-order valence-electron chi connectivity index (χ1n) is 5.86. The van der Waals surface area contributed by atoms with Gasteiger partial charge in [0.2, 0.25) is 0 Å². The van der Waals surface area contributed by atoms with E-state index in [9.17, 15) is 13.2 Å². The van der Waals surface area contributed by atoms with Crippen LogP contribution in [0.1, 0.15) is 6.92 Å². The molecule has 1 heterocycles. The summed E-state index contributed by atoms with van der Waals surface area (Å²) in [5.74, 6) is -0.789. The Morgan fingerprint density at radius 2 is 1.89 bits per heavy atom. The maximum absolute atomic E-state index is 12.1. The maximum Gasteiger partial charge on any atom is 0.399 e. The number of allylic oxidation sites excluding steroid dienone is 2. The van der Waals surface area contributed by atoms with Crippen LogP contribution in [0.5, 0.6) is 0 Å². The zero-order valence-electron chi connectivity index (χ0n) is 10.5. The van der Waals surface area contributed by atoms with Gasteiger partial charge in [-0.25, -0.2) is 4.31 Å². The van der Waals surface area contributed by atoms with Crippen LogP contribution >= 0.6 is 11.9 Å². The topological polar surface area (TPSA) is 6.48 Å². The van der Waals surface area contributed by atoms with Crippen LogP contribution in [0.3, 0.4) is 0 Å². The number of rotatable bonds is 5. The molecule has 0 radical (unpaired) electrons. The average Bonchev–Trinajstić information content (AvgIpc) is 2.27. The zero-order valence-corrected chi connectivity index (χ0v) is 11.4. The van der Waals surface area contributed by atoms with Crippen LogP contribution in [0.4, 0.5) is 13.2 Å². The van der Waals surface area contributed by atoms with Gasteiger partial charge in [-0.1, -0.05) is 36.3 Å². The molecule has 18 heavy (non-hydrogen) atoms. The highest BCUT2D eigenvalue weighted by Crippen LogP contribution is 2.24. The standard InChI is InChI=1S/C12H19F3N2S/c1-3-4-11(2)9-16-5-7-17(8-6-16)18-10-12(13,14)15/h3-4H,1,5-10H2,2H3/b11-4+. The molecule has 0 unspecified atom stereocenters. The lowest BCUT2D eigenvalue weighted by atomic mass is 10.2. The Labute approximate surface area is 111 Å². The van der Waals surface area contributed by atoms with Gasteiger partial charge in [-0.05, 0) is 6.92 Å². The fraction of sp³-hybridized carbons (Fsp3) is 0.667. The molecule has 0 aromatic rings. The van der Waals surface area contributed by atoms with Gasteiger partial charge in [-0.2, -0.15) is 13.2 Å². The summed E-state index contributed by atoms with van der Waals surface area (Å²) in [4.78, 5) is 2.25. The molecule has 0 aromatic carbocycles. The van der Waals surface area contributed by atoms with Crippen molar-refractivity contribution in [3.8, 4) is 0 Å². The Kier molecular flexibility index (Phi) is 6.25. The van der Waals surface area contributed by atoms with Crippen molar-refractivity contribution in [3.63, 3.8) is 0 Å². The van der Waals surface area contributed by atoms with Crippen molar-refractivity contribution in [1.29, 1.82) is 0 Å². The van der Waals surface area contributed by atoms with Crippen LogP contribution < -0.4 is 0 Å². The van der Waals surface area contributed by atoms with Gasteiger partial charge in [0, 0.05) is 32.7 Å². The highest BCUT2D eigenvalue weighted by Gasteiger charge is 2.29. The van der Waals surface area contributed by atoms with Gasteiger partial charge >= 0.3 is 6.18 Å². The van der Waals surface area contributed by atoms with Crippen LogP contribution in [-0.4, -0.2) is 53.9 Å². The second-order valence-electron chi connectivity index (χ2n) is 4.34. The molecule has 0 saturated carbocycles. The Morgan fingerprint density at radius 1 is 1.28 bits per heavy atom. The van der Waals surface area contributed by atoms with Crippen LogP contribution in [0, 0.1) is 0 Å². The van der Waals surface area contributed by atoms with Crippen molar-refractivity contribution in [2.75, 3.05) is 38.5 Å². The number of piperazine rings is 1. The molecule has 1 fully saturated rings. The minimum atomic E-state index is -4.08. The van der Waals surface area contributed by atoms with E-state index in [2.05, 4.69) is 11.5 Å². The van der Waals surface area contributed by atoms with Crippen LogP contribution in [0.2, 0.25) is 0 Å². The smallest absolute Gasteiger partial charge is 0.297 e. The number of nitrogens with zero attached hydrogens (tertiary/aromatic N) is 2. The normalized spacial score (nSPS) is 20.1. The molecule has 0 bridgehead atoms. The van der Waals surface area contributed by atoms with Gasteiger partial charge in [0.1, 0.15) is 5.75 Å². The number of hydrogen-bond acceptors (Lipinski definition) is 3. The van der Waals surface area contributed by atoms with Gasteiger partial charge in [0.25, 0.3) is 0 Å². The molecule has 1 rings (SSSR count). The highest BCUT2D eigenvalue weighted by atomic mass is 32.2. The summed E-state index contributed by atoms with van der Waals surface area (Å²) in [6.07, 6.45) is -0.360. The SMILES string of the molecule is C=C/C=C(\C)CN1CCN(SCC(F)(F)F)CC1. The van der Waals surface area contributed by atoms with Crippen molar-refractivity contribution < 1.29 is 13.2 Å². The third kappa shape index (κ3) is 6.47. The Balaban J connectivity index is 2.24. The predicted octanol–water partition coefficient (Wildman–Crippen LogP) is 2.95. The molecule has 0 atom stereocenters. The molecule has 6 heteroatoms. The van der Waals surface area contributed by atoms with E-state index >= 15 is 0 Å². The summed E-state index contributed by atoms with van der Waals surface area (Å²) in [7, 11) is 0. The van der Waals surface area contributed by atoms with Crippen LogP contribution in [0.15, 0.2) is 24.3 Å². The van der Waals surface area contributed by atoms with Crippen molar-refractivity contribution in [3.05, 3.63) is 24.3 Å². The third-order valence-electron chi connectivity index (χ3n) is 2.62. The van der Waals surface area contributed by atoms with E-state index in [-0.39, 0.29) is 0 Å². The Hall–Kier alpha value is -0.460. The van der Waals surface area contributed by atoms with E-state index in [1.54, 1.807) is 10.4 Å². The first kappa shape index (κ1) is 15.6. The van der Waals surface area contributed by atoms with Crippen molar-refractivity contribution in [1.82, 2.24) is 9.21 Å². The fourth-order valence-electron chi connectivity index (χ4n) is 1.79. The largest absolute Gasteiger partial charge is 0.399 e. The molecule has 1 aliphatic heterocycles. The number of hydrogen-bond donors (Lipinski definition) is 0. The van der Waals surface area contributed by atoms with Crippen LogP contribution in [0.25, 0.3) is 0 Å². The monoisotopic (exact) mass is 280 g/mol. The van der Waals surface area contributed by atoms with E-state index in [0.29, 0.717) is 13.1 Å². The second kappa shape index (κ2) is 7.21. The van der Waals surface area contributed by atoms with Gasteiger partial charge in [-0.15, -0.1) is 0 Å². The molecule has 1 aliphatic rings. The predicted molar refractivity (Wildman–Crippen MR) is 70.5 cm³/mol. The van der Waals surface area contributed by atoms with Gasteiger partial charge < -0.3 is 0 Å². The lowest BCUT2D eigenvalue weighted by Crippen LogP contribution is -2.44. The number of alkyl halides is 3. The van der Waals surface area contributed by atoms with E-state index in [1.807, 2.05) is 13.0 Å². The molecular formula is C12H19F3N2S. The highest BCUT2D eigenvalue weighted by molar-refractivity contribution is 7.97. The van der Waals surface area contributed by atoms with Gasteiger partial charge in [0.05, 0.1) is 0 Å². The lowest BCUT2D eigenvalue weighted by Gasteiger charge is -2.34. The Morgan fingerprint density at radius 3 is 2.39 bits per heavy atom. The summed E-state index contributed by atoms with van der Waals surface area (Å²) < 4.78 is 38.0. The number of halogens is 3. The molecule has 0 aromatic heterocycles. The fourth-order valence-corrected chi connectivity index (χ4v) is 2.54. The summed E-state index contributed by atoms with van der Waals surface area (Å²) in [5, 5.41) is 0. The summed E-state index contributed by atoms with van der Waals surface area (Å²) >= 11 is 0.886. The summed E-state index contributed by atoms with van der Waals surface area (Å²) in [5.41, 5.74) is 1.22. The molecule has 2 nitrogen and oxygen atoms in total. The molecule has 0 N–H and O–H groups in total. The van der Waals surface area contributed by atoms with Gasteiger partial charge in [0.15, 0.2) is 0 Å². The Bertz CT molecular complexity index is 294. The van der Waals surface area contributed by atoms with E-state index in [4.69, 9.17) is 0 Å². The zero-order chi connectivity index (χ0) is 13.6. The van der Waals surface area contributed by atoms with Gasteiger partial charge in [-0.3, -0.25) is 4.90 Å². The van der Waals surface area contributed by atoms with E-state index in [0.717, 1.165) is 31.6 Å². The lowest BCUT2D eigenvalue weighted by molar-refractivity contribution is -0.105. The van der Waals surface area contributed by atoms with Crippen molar-refractivity contribution in [2.24, 2.45) is 0 Å². The van der Waals surface area contributed by atoms with Crippen LogP contribution in [-0.2, 0) is 0 Å². The first-order valence-corrected chi connectivity index (χ1v) is 6.80. The van der Waals surface area contributed by atoms with E-state index in [1.165, 1.54) is 5.57 Å². The average molecular weight is 280 g/mol. The second-order valence-corrected chi connectivity index (χ2v) is 5.41. The minimum Gasteiger partial charge on any atom is -0.297 e. The maximum atomic E-state index is 12.1. The summed E-state index contributed by atoms with van der Waals surface area (Å²) in [6, 6.07) is 0. The first-order chi connectivity index (χ1) is 8.40. The van der Waals surface area contributed by atoms with E-state index < -0.39 is 11.9 Å². The molecule has 0 amide bonds. The summed E-state index contributed by atoms with van der Waals surface area (Å²) in [6.45, 7) is 9.53. The van der Waals surface area contributed by atoms with Crippen molar-refractivity contribution >= 4 is 11.9 Å².